The Labute approximate surface area is 166 Å². The molecule has 1 amide bonds. The van der Waals surface area contributed by atoms with E-state index in [4.69, 9.17) is 4.74 Å². The average Bonchev–Trinajstić information content (AvgIpc) is 2.58. The zero-order valence-electron chi connectivity index (χ0n) is 17.5. The van der Waals surface area contributed by atoms with Crippen molar-refractivity contribution in [1.82, 2.24) is 10.7 Å². The number of rotatable bonds is 3. The standard InChI is InChI=1S/C22H29N3O3/c1-21(2,3)23-20(27)18-17-15(11-22(4,5)12-16(17)26)24-25-19(18)13-7-9-14(28-6)10-8-13/h7-10,18,24H,11-12H2,1-6H3,(H,23,27). The minimum Gasteiger partial charge on any atom is -0.497 e. The van der Waals surface area contributed by atoms with Crippen molar-refractivity contribution < 1.29 is 14.3 Å². The Balaban J connectivity index is 2.06. The molecule has 1 aliphatic carbocycles. The molecule has 6 nitrogen and oxygen atoms in total. The lowest BCUT2D eigenvalue weighted by Gasteiger charge is -2.37. The summed E-state index contributed by atoms with van der Waals surface area (Å²) in [6, 6.07) is 7.37. The summed E-state index contributed by atoms with van der Waals surface area (Å²) in [5.41, 5.74) is 5.14. The molecular weight excluding hydrogens is 354 g/mol. The highest BCUT2D eigenvalue weighted by molar-refractivity contribution is 6.21. The van der Waals surface area contributed by atoms with E-state index in [2.05, 4.69) is 29.7 Å². The topological polar surface area (TPSA) is 79.8 Å². The van der Waals surface area contributed by atoms with E-state index in [1.165, 1.54) is 0 Å². The van der Waals surface area contributed by atoms with Gasteiger partial charge in [-0.3, -0.25) is 15.0 Å². The number of amides is 1. The molecule has 0 fully saturated rings. The van der Waals surface area contributed by atoms with E-state index in [1.54, 1.807) is 7.11 Å². The fraction of sp³-hybridized carbons (Fsp3) is 0.500. The van der Waals surface area contributed by atoms with E-state index < -0.39 is 11.5 Å². The third kappa shape index (κ3) is 4.11. The van der Waals surface area contributed by atoms with Gasteiger partial charge in [0.05, 0.1) is 12.8 Å². The van der Waals surface area contributed by atoms with E-state index in [9.17, 15) is 9.59 Å². The lowest BCUT2D eigenvalue weighted by atomic mass is 9.71. The maximum Gasteiger partial charge on any atom is 0.234 e. The van der Waals surface area contributed by atoms with Crippen LogP contribution < -0.4 is 15.5 Å². The van der Waals surface area contributed by atoms with E-state index in [0.717, 1.165) is 17.0 Å². The Morgan fingerprint density at radius 2 is 1.86 bits per heavy atom. The van der Waals surface area contributed by atoms with Crippen molar-refractivity contribution in [3.63, 3.8) is 0 Å². The molecule has 0 saturated heterocycles. The van der Waals surface area contributed by atoms with Crippen molar-refractivity contribution in [1.29, 1.82) is 0 Å². The largest absolute Gasteiger partial charge is 0.497 e. The fourth-order valence-electron chi connectivity index (χ4n) is 3.79. The van der Waals surface area contributed by atoms with Crippen molar-refractivity contribution in [3.8, 4) is 5.75 Å². The Morgan fingerprint density at radius 1 is 1.21 bits per heavy atom. The number of allylic oxidation sites excluding steroid dienone is 1. The van der Waals surface area contributed by atoms with Crippen molar-refractivity contribution in [2.75, 3.05) is 7.11 Å². The summed E-state index contributed by atoms with van der Waals surface area (Å²) >= 11 is 0. The number of carbonyl (C=O) groups is 2. The first-order chi connectivity index (χ1) is 13.0. The first-order valence-corrected chi connectivity index (χ1v) is 9.57. The Hall–Kier alpha value is -2.63. The number of ketones is 1. The number of hydrogen-bond acceptors (Lipinski definition) is 5. The van der Waals surface area contributed by atoms with Gasteiger partial charge in [0.15, 0.2) is 5.78 Å². The highest BCUT2D eigenvalue weighted by Gasteiger charge is 2.43. The van der Waals surface area contributed by atoms with Crippen molar-refractivity contribution in [3.05, 3.63) is 41.1 Å². The highest BCUT2D eigenvalue weighted by atomic mass is 16.5. The van der Waals surface area contributed by atoms with Crippen LogP contribution in [0.2, 0.25) is 0 Å². The molecule has 150 valence electrons. The van der Waals surface area contributed by atoms with Crippen LogP contribution in [0.1, 0.15) is 53.0 Å². The van der Waals surface area contributed by atoms with Gasteiger partial charge in [0, 0.05) is 23.2 Å². The first kappa shape index (κ1) is 20.1. The number of hydrazone groups is 1. The summed E-state index contributed by atoms with van der Waals surface area (Å²) in [5.74, 6) is -0.204. The number of Topliss-reactive ketones (excluding diaryl/α,β-unsaturated/α-hetero) is 1. The summed E-state index contributed by atoms with van der Waals surface area (Å²) in [6.07, 6.45) is 1.11. The van der Waals surface area contributed by atoms with Crippen LogP contribution in [0.15, 0.2) is 40.6 Å². The predicted octanol–water partition coefficient (Wildman–Crippen LogP) is 3.18. The highest BCUT2D eigenvalue weighted by Crippen LogP contribution is 2.40. The monoisotopic (exact) mass is 383 g/mol. The van der Waals surface area contributed by atoms with Crippen molar-refractivity contribution >= 4 is 17.4 Å². The molecule has 1 aromatic rings. The van der Waals surface area contributed by atoms with Gasteiger partial charge in [-0.1, -0.05) is 13.8 Å². The Kier molecular flexibility index (Phi) is 5.08. The fourth-order valence-corrected chi connectivity index (χ4v) is 3.79. The zero-order chi connectivity index (χ0) is 20.7. The van der Waals surface area contributed by atoms with Crippen molar-refractivity contribution in [2.24, 2.45) is 16.4 Å². The van der Waals surface area contributed by atoms with Gasteiger partial charge >= 0.3 is 0 Å². The minimum atomic E-state index is -0.729. The second-order valence-electron chi connectivity index (χ2n) is 9.34. The third-order valence-electron chi connectivity index (χ3n) is 4.94. The van der Waals surface area contributed by atoms with Crippen LogP contribution in [0.3, 0.4) is 0 Å². The molecule has 0 aromatic heterocycles. The molecule has 0 saturated carbocycles. The molecule has 1 unspecified atom stereocenters. The molecule has 6 heteroatoms. The Morgan fingerprint density at radius 3 is 2.43 bits per heavy atom. The lowest BCUT2D eigenvalue weighted by molar-refractivity contribution is -0.126. The van der Waals surface area contributed by atoms with Crippen LogP contribution in [0, 0.1) is 11.3 Å². The van der Waals surface area contributed by atoms with E-state index in [0.29, 0.717) is 24.1 Å². The molecule has 2 aliphatic rings. The molecule has 1 aliphatic heterocycles. The number of benzene rings is 1. The smallest absolute Gasteiger partial charge is 0.234 e. The number of nitrogens with zero attached hydrogens (tertiary/aromatic N) is 1. The summed E-state index contributed by atoms with van der Waals surface area (Å²) < 4.78 is 5.22. The second-order valence-corrected chi connectivity index (χ2v) is 9.34. The van der Waals surface area contributed by atoms with E-state index >= 15 is 0 Å². The van der Waals surface area contributed by atoms with E-state index in [1.807, 2.05) is 45.0 Å². The van der Waals surface area contributed by atoms with Gasteiger partial charge in [-0.25, -0.2) is 0 Å². The molecule has 1 atom stereocenters. The van der Waals surface area contributed by atoms with E-state index in [-0.39, 0.29) is 17.1 Å². The van der Waals surface area contributed by atoms with Crippen LogP contribution in [0.4, 0.5) is 0 Å². The summed E-state index contributed by atoms with van der Waals surface area (Å²) in [7, 11) is 1.60. The van der Waals surface area contributed by atoms with Gasteiger partial charge in [-0.05, 0) is 62.4 Å². The van der Waals surface area contributed by atoms with Gasteiger partial charge in [0.25, 0.3) is 0 Å². The number of carbonyl (C=O) groups excluding carboxylic acids is 2. The molecule has 1 heterocycles. The predicted molar refractivity (Wildman–Crippen MR) is 109 cm³/mol. The quantitative estimate of drug-likeness (QED) is 0.840. The van der Waals surface area contributed by atoms with Crippen LogP contribution >= 0.6 is 0 Å². The molecule has 0 radical (unpaired) electrons. The molecule has 3 rings (SSSR count). The Bertz CT molecular complexity index is 858. The van der Waals surface area contributed by atoms with Gasteiger partial charge in [-0.2, -0.15) is 5.10 Å². The van der Waals surface area contributed by atoms with Crippen molar-refractivity contribution in [2.45, 2.75) is 53.0 Å². The summed E-state index contributed by atoms with van der Waals surface area (Å²) in [6.45, 7) is 9.90. The molecule has 0 spiro atoms. The molecule has 28 heavy (non-hydrogen) atoms. The van der Waals surface area contributed by atoms with Crippen LogP contribution in [0.25, 0.3) is 0 Å². The first-order valence-electron chi connectivity index (χ1n) is 9.57. The van der Waals surface area contributed by atoms with Gasteiger partial charge < -0.3 is 10.1 Å². The van der Waals surface area contributed by atoms with Crippen LogP contribution in [0.5, 0.6) is 5.75 Å². The van der Waals surface area contributed by atoms with Gasteiger partial charge in [0.1, 0.15) is 11.7 Å². The number of hydrogen-bond donors (Lipinski definition) is 2. The van der Waals surface area contributed by atoms with Crippen LogP contribution in [-0.2, 0) is 9.59 Å². The van der Waals surface area contributed by atoms with Crippen LogP contribution in [-0.4, -0.2) is 30.1 Å². The average molecular weight is 383 g/mol. The van der Waals surface area contributed by atoms with Gasteiger partial charge in [-0.15, -0.1) is 0 Å². The minimum absolute atomic E-state index is 0.00807. The maximum absolute atomic E-state index is 13.3. The zero-order valence-corrected chi connectivity index (χ0v) is 17.5. The number of ether oxygens (including phenoxy) is 1. The van der Waals surface area contributed by atoms with Gasteiger partial charge in [0.2, 0.25) is 5.91 Å². The summed E-state index contributed by atoms with van der Waals surface area (Å²) in [4.78, 5) is 26.3. The maximum atomic E-state index is 13.3. The number of nitrogens with one attached hydrogen (secondary N) is 2. The normalized spacial score (nSPS) is 21.4. The molecule has 2 N–H and O–H groups in total. The summed E-state index contributed by atoms with van der Waals surface area (Å²) in [5, 5.41) is 7.55. The SMILES string of the molecule is COc1ccc(C2=NNC3=C(C(=O)CC(C)(C)C3)C2C(=O)NC(C)(C)C)cc1. The third-order valence-corrected chi connectivity index (χ3v) is 4.94. The number of methoxy groups -OCH3 is 1. The molecular formula is C22H29N3O3. The molecule has 0 bridgehead atoms. The molecule has 1 aromatic carbocycles. The lowest BCUT2D eigenvalue weighted by Crippen LogP contribution is -2.50. The second kappa shape index (κ2) is 7.08.